The van der Waals surface area contributed by atoms with Crippen molar-refractivity contribution < 1.29 is 9.84 Å². The number of nitrogens with two attached hydrogens (primary N) is 1. The molecule has 1 aliphatic heterocycles. The van der Waals surface area contributed by atoms with E-state index in [1.54, 1.807) is 6.92 Å². The summed E-state index contributed by atoms with van der Waals surface area (Å²) in [6.07, 6.45) is 1.53. The van der Waals surface area contributed by atoms with E-state index in [2.05, 4.69) is 16.5 Å². The Kier molecular flexibility index (Phi) is 3.40. The molecule has 2 heterocycles. The van der Waals surface area contributed by atoms with Crippen LogP contribution in [0.1, 0.15) is 44.7 Å². The summed E-state index contributed by atoms with van der Waals surface area (Å²) in [7, 11) is 0. The summed E-state index contributed by atoms with van der Waals surface area (Å²) in [6, 6.07) is 6.05. The Balaban J connectivity index is 2.13. The van der Waals surface area contributed by atoms with E-state index in [4.69, 9.17) is 10.5 Å². The van der Waals surface area contributed by atoms with Gasteiger partial charge in [-0.1, -0.05) is 0 Å². The molecule has 5 heteroatoms. The molecule has 3 rings (SSSR count). The normalized spacial score (nSPS) is 24.9. The first-order chi connectivity index (χ1) is 9.56. The summed E-state index contributed by atoms with van der Waals surface area (Å²) in [5.41, 5.74) is 8.41. The maximum Gasteiger partial charge on any atom is 0.138 e. The van der Waals surface area contributed by atoms with E-state index < -0.39 is 6.10 Å². The largest absolute Gasteiger partial charge is 0.399 e. The van der Waals surface area contributed by atoms with E-state index >= 15 is 0 Å². The first-order valence-electron chi connectivity index (χ1n) is 7.13. The Morgan fingerprint density at radius 1 is 1.50 bits per heavy atom. The number of hydrogen-bond acceptors (Lipinski definition) is 4. The van der Waals surface area contributed by atoms with Crippen molar-refractivity contribution in [3.63, 3.8) is 0 Å². The highest BCUT2D eigenvalue weighted by Gasteiger charge is 2.26. The molecule has 5 nitrogen and oxygen atoms in total. The van der Waals surface area contributed by atoms with E-state index in [-0.39, 0.29) is 6.10 Å². The fourth-order valence-corrected chi connectivity index (χ4v) is 3.02. The standard InChI is InChI=1S/C15H21N3O2/c1-9-7-12(5-6-20-9)18-14-4-3-11(16)8-13(14)17-15(18)10(2)19/h3-4,8-10,12,19H,5-7,16H2,1-2H3. The molecule has 0 bridgehead atoms. The van der Waals surface area contributed by atoms with Gasteiger partial charge >= 0.3 is 0 Å². The monoisotopic (exact) mass is 275 g/mol. The number of imidazole rings is 1. The van der Waals surface area contributed by atoms with Crippen molar-refractivity contribution in [1.82, 2.24) is 9.55 Å². The fourth-order valence-electron chi connectivity index (χ4n) is 3.02. The zero-order valence-electron chi connectivity index (χ0n) is 11.9. The molecule has 1 aliphatic rings. The zero-order valence-corrected chi connectivity index (χ0v) is 11.9. The van der Waals surface area contributed by atoms with Gasteiger partial charge in [0.15, 0.2) is 0 Å². The van der Waals surface area contributed by atoms with Gasteiger partial charge in [-0.05, 0) is 44.9 Å². The van der Waals surface area contributed by atoms with E-state index in [9.17, 15) is 5.11 Å². The van der Waals surface area contributed by atoms with Crippen LogP contribution in [-0.4, -0.2) is 27.4 Å². The number of anilines is 1. The van der Waals surface area contributed by atoms with Gasteiger partial charge in [-0.3, -0.25) is 0 Å². The lowest BCUT2D eigenvalue weighted by molar-refractivity contribution is 0.00495. The minimum atomic E-state index is -0.596. The van der Waals surface area contributed by atoms with Gasteiger partial charge in [0.05, 0.1) is 17.1 Å². The van der Waals surface area contributed by atoms with Crippen molar-refractivity contribution in [3.05, 3.63) is 24.0 Å². The van der Waals surface area contributed by atoms with Crippen LogP contribution in [0.5, 0.6) is 0 Å². The van der Waals surface area contributed by atoms with Gasteiger partial charge in [0.1, 0.15) is 11.9 Å². The summed E-state index contributed by atoms with van der Waals surface area (Å²) >= 11 is 0. The Hall–Kier alpha value is -1.59. The number of aromatic nitrogens is 2. The van der Waals surface area contributed by atoms with Crippen molar-refractivity contribution in [2.75, 3.05) is 12.3 Å². The molecule has 1 aromatic carbocycles. The van der Waals surface area contributed by atoms with Crippen LogP contribution in [0.25, 0.3) is 11.0 Å². The Morgan fingerprint density at radius 3 is 3.00 bits per heavy atom. The molecule has 3 N–H and O–H groups in total. The number of nitrogen functional groups attached to an aromatic ring is 1. The Morgan fingerprint density at radius 2 is 2.30 bits per heavy atom. The highest BCUT2D eigenvalue weighted by atomic mass is 16.5. The first kappa shape index (κ1) is 13.4. The number of aliphatic hydroxyl groups excluding tert-OH is 1. The number of ether oxygens (including phenoxy) is 1. The third-order valence-corrected chi connectivity index (χ3v) is 3.94. The number of benzene rings is 1. The second kappa shape index (κ2) is 5.07. The Labute approximate surface area is 118 Å². The highest BCUT2D eigenvalue weighted by molar-refractivity contribution is 5.80. The second-order valence-corrected chi connectivity index (χ2v) is 5.62. The number of fused-ring (bicyclic) bond motifs is 1. The lowest BCUT2D eigenvalue weighted by Crippen LogP contribution is -2.26. The molecule has 3 unspecified atom stereocenters. The van der Waals surface area contributed by atoms with Crippen LogP contribution < -0.4 is 5.73 Å². The third-order valence-electron chi connectivity index (χ3n) is 3.94. The average Bonchev–Trinajstić information content (AvgIpc) is 2.77. The lowest BCUT2D eigenvalue weighted by Gasteiger charge is -2.30. The highest BCUT2D eigenvalue weighted by Crippen LogP contribution is 2.32. The van der Waals surface area contributed by atoms with Gasteiger partial charge in [-0.15, -0.1) is 0 Å². The molecule has 1 saturated heterocycles. The zero-order chi connectivity index (χ0) is 14.3. The fraction of sp³-hybridized carbons (Fsp3) is 0.533. The van der Waals surface area contributed by atoms with Crippen LogP contribution in [0.3, 0.4) is 0 Å². The average molecular weight is 275 g/mol. The summed E-state index contributed by atoms with van der Waals surface area (Å²) in [4.78, 5) is 4.57. The molecule has 108 valence electrons. The summed E-state index contributed by atoms with van der Waals surface area (Å²) in [6.45, 7) is 4.59. The summed E-state index contributed by atoms with van der Waals surface area (Å²) in [5, 5.41) is 10.0. The van der Waals surface area contributed by atoms with Crippen molar-refractivity contribution >= 4 is 16.7 Å². The number of hydrogen-bond donors (Lipinski definition) is 2. The van der Waals surface area contributed by atoms with Crippen LogP contribution in [-0.2, 0) is 4.74 Å². The predicted octanol–water partition coefficient (Wildman–Crippen LogP) is 2.41. The van der Waals surface area contributed by atoms with Crippen molar-refractivity contribution in [1.29, 1.82) is 0 Å². The smallest absolute Gasteiger partial charge is 0.138 e. The van der Waals surface area contributed by atoms with E-state index in [1.807, 2.05) is 18.2 Å². The SMILES string of the molecule is CC1CC(n2c(C(C)O)nc3cc(N)ccc32)CCO1. The molecule has 0 amide bonds. The van der Waals surface area contributed by atoms with Gasteiger partial charge < -0.3 is 20.1 Å². The molecule has 20 heavy (non-hydrogen) atoms. The third kappa shape index (κ3) is 2.27. The molecular formula is C15H21N3O2. The van der Waals surface area contributed by atoms with Crippen LogP contribution in [0.15, 0.2) is 18.2 Å². The molecule has 2 aromatic rings. The summed E-state index contributed by atoms with van der Waals surface area (Å²) < 4.78 is 7.79. The molecule has 0 radical (unpaired) electrons. The van der Waals surface area contributed by atoms with Gasteiger partial charge in [0, 0.05) is 18.3 Å². The minimum Gasteiger partial charge on any atom is -0.399 e. The number of nitrogens with zero attached hydrogens (tertiary/aromatic N) is 2. The van der Waals surface area contributed by atoms with Gasteiger partial charge in [0.2, 0.25) is 0 Å². The molecule has 3 atom stereocenters. The van der Waals surface area contributed by atoms with Crippen LogP contribution in [0.4, 0.5) is 5.69 Å². The second-order valence-electron chi connectivity index (χ2n) is 5.62. The van der Waals surface area contributed by atoms with Crippen LogP contribution in [0.2, 0.25) is 0 Å². The summed E-state index contributed by atoms with van der Waals surface area (Å²) in [5.74, 6) is 0.713. The van der Waals surface area contributed by atoms with Crippen molar-refractivity contribution in [2.45, 2.75) is 44.9 Å². The van der Waals surface area contributed by atoms with Crippen LogP contribution in [0, 0.1) is 0 Å². The quantitative estimate of drug-likeness (QED) is 0.825. The molecule has 1 fully saturated rings. The van der Waals surface area contributed by atoms with Crippen LogP contribution >= 0.6 is 0 Å². The predicted molar refractivity (Wildman–Crippen MR) is 78.5 cm³/mol. The molecule has 0 spiro atoms. The van der Waals surface area contributed by atoms with Gasteiger partial charge in [0.25, 0.3) is 0 Å². The number of rotatable bonds is 2. The van der Waals surface area contributed by atoms with Gasteiger partial charge in [-0.25, -0.2) is 4.98 Å². The minimum absolute atomic E-state index is 0.238. The van der Waals surface area contributed by atoms with E-state index in [1.165, 1.54) is 0 Å². The maximum atomic E-state index is 10.0. The topological polar surface area (TPSA) is 73.3 Å². The maximum absolute atomic E-state index is 10.0. The molecule has 0 aliphatic carbocycles. The van der Waals surface area contributed by atoms with Gasteiger partial charge in [-0.2, -0.15) is 0 Å². The van der Waals surface area contributed by atoms with E-state index in [0.29, 0.717) is 17.6 Å². The number of aliphatic hydroxyl groups is 1. The first-order valence-corrected chi connectivity index (χ1v) is 7.13. The van der Waals surface area contributed by atoms with Crippen molar-refractivity contribution in [3.8, 4) is 0 Å². The molecule has 0 saturated carbocycles. The van der Waals surface area contributed by atoms with Crippen molar-refractivity contribution in [2.24, 2.45) is 0 Å². The lowest BCUT2D eigenvalue weighted by atomic mass is 10.0. The van der Waals surface area contributed by atoms with E-state index in [0.717, 1.165) is 30.5 Å². The molecule has 1 aromatic heterocycles. The Bertz CT molecular complexity index is 621. The molecular weight excluding hydrogens is 254 g/mol.